The largest absolute Gasteiger partial charge is 0.497 e. The molecule has 2 aromatic rings. The number of hydrogen-bond acceptors (Lipinski definition) is 2. The van der Waals surface area contributed by atoms with Gasteiger partial charge in [-0.2, -0.15) is 0 Å². The van der Waals surface area contributed by atoms with E-state index in [-0.39, 0.29) is 11.8 Å². The van der Waals surface area contributed by atoms with Crippen molar-refractivity contribution in [3.8, 4) is 5.75 Å². The molecular weight excluding hydrogens is 224 g/mol. The second-order valence-electron chi connectivity index (χ2n) is 4.82. The molecule has 3 nitrogen and oxygen atoms in total. The molecule has 3 heteroatoms. The molecule has 0 spiro atoms. The number of H-pyrrole nitrogens is 1. The number of fused-ring (bicyclic) bond motifs is 1. The standard InChI is InChI=1S/C15H20N2O/c1-17-7-3-4-12(17)8-11-10-16-15-6-5-13(18-2)9-14(11)15/h5-6,9-10,12,16H,3-4,7-8H2,1-2H3/t12-/m1/s1/i1D3,2D3. The summed E-state index contributed by atoms with van der Waals surface area (Å²) < 4.78 is 49.5. The number of rotatable bonds is 3. The van der Waals surface area contributed by atoms with Crippen LogP contribution in [0.5, 0.6) is 5.75 Å². The molecule has 1 fully saturated rings. The van der Waals surface area contributed by atoms with Crippen molar-refractivity contribution >= 4 is 10.9 Å². The first-order valence-electron chi connectivity index (χ1n) is 9.19. The maximum absolute atomic E-state index is 7.65. The number of nitrogens with zero attached hydrogens (tertiary/aromatic N) is 1. The summed E-state index contributed by atoms with van der Waals surface area (Å²) >= 11 is 0. The highest BCUT2D eigenvalue weighted by molar-refractivity contribution is 5.84. The topological polar surface area (TPSA) is 28.3 Å². The van der Waals surface area contributed by atoms with Crippen LogP contribution >= 0.6 is 0 Å². The van der Waals surface area contributed by atoms with Crippen LogP contribution in [-0.4, -0.2) is 36.5 Å². The fraction of sp³-hybridized carbons (Fsp3) is 0.467. The van der Waals surface area contributed by atoms with Gasteiger partial charge in [-0.3, -0.25) is 0 Å². The Kier molecular flexibility index (Phi) is 1.71. The van der Waals surface area contributed by atoms with Gasteiger partial charge in [-0.05, 0) is 56.5 Å². The van der Waals surface area contributed by atoms with Gasteiger partial charge in [0.2, 0.25) is 0 Å². The molecule has 1 aliphatic rings. The van der Waals surface area contributed by atoms with Gasteiger partial charge in [-0.15, -0.1) is 0 Å². The summed E-state index contributed by atoms with van der Waals surface area (Å²) in [5.74, 6) is 0.280. The van der Waals surface area contributed by atoms with Crippen LogP contribution in [0.25, 0.3) is 10.9 Å². The van der Waals surface area contributed by atoms with Crippen LogP contribution < -0.4 is 4.74 Å². The van der Waals surface area contributed by atoms with Crippen molar-refractivity contribution in [1.82, 2.24) is 9.88 Å². The molecule has 1 aromatic heterocycles. The van der Waals surface area contributed by atoms with Crippen molar-refractivity contribution in [2.45, 2.75) is 25.3 Å². The second kappa shape index (κ2) is 4.65. The lowest BCUT2D eigenvalue weighted by molar-refractivity contribution is 0.310. The maximum Gasteiger partial charge on any atom is 0.119 e. The first-order chi connectivity index (χ1) is 11.1. The minimum atomic E-state index is -2.49. The van der Waals surface area contributed by atoms with Crippen molar-refractivity contribution in [3.05, 3.63) is 30.0 Å². The number of likely N-dealkylation sites (tertiary alicyclic amines) is 1. The van der Waals surface area contributed by atoms with E-state index in [0.29, 0.717) is 13.0 Å². The molecule has 96 valence electrons. The van der Waals surface area contributed by atoms with Crippen LogP contribution in [0.2, 0.25) is 0 Å². The Bertz CT molecular complexity index is 721. The van der Waals surface area contributed by atoms with Crippen LogP contribution in [0.4, 0.5) is 0 Å². The van der Waals surface area contributed by atoms with E-state index in [0.717, 1.165) is 29.3 Å². The molecule has 1 aliphatic heterocycles. The summed E-state index contributed by atoms with van der Waals surface area (Å²) in [6.45, 7) is -1.50. The van der Waals surface area contributed by atoms with Crippen LogP contribution in [0.1, 0.15) is 26.6 Å². The monoisotopic (exact) mass is 250 g/mol. The Morgan fingerprint density at radius 1 is 1.56 bits per heavy atom. The van der Waals surface area contributed by atoms with E-state index in [1.807, 2.05) is 6.20 Å². The highest BCUT2D eigenvalue weighted by atomic mass is 16.5. The minimum Gasteiger partial charge on any atom is -0.497 e. The highest BCUT2D eigenvalue weighted by Crippen LogP contribution is 2.27. The van der Waals surface area contributed by atoms with Crippen molar-refractivity contribution in [2.24, 2.45) is 0 Å². The average Bonchev–Trinajstić information content (AvgIpc) is 3.04. The molecule has 18 heavy (non-hydrogen) atoms. The molecule has 1 aromatic carbocycles. The molecule has 0 bridgehead atoms. The van der Waals surface area contributed by atoms with E-state index in [1.54, 1.807) is 23.1 Å². The zero-order valence-corrected chi connectivity index (χ0v) is 10.1. The van der Waals surface area contributed by atoms with Gasteiger partial charge in [0.1, 0.15) is 5.75 Å². The van der Waals surface area contributed by atoms with E-state index in [2.05, 4.69) is 4.98 Å². The maximum atomic E-state index is 7.65. The third-order valence-corrected chi connectivity index (χ3v) is 3.69. The van der Waals surface area contributed by atoms with E-state index in [1.165, 1.54) is 0 Å². The third kappa shape index (κ3) is 1.99. The summed E-state index contributed by atoms with van der Waals surface area (Å²) in [5.41, 5.74) is 1.85. The van der Waals surface area contributed by atoms with E-state index < -0.39 is 14.0 Å². The number of nitrogens with one attached hydrogen (secondary N) is 1. The molecule has 1 N–H and O–H groups in total. The molecule has 2 heterocycles. The van der Waals surface area contributed by atoms with Gasteiger partial charge in [-0.1, -0.05) is 0 Å². The van der Waals surface area contributed by atoms with Gasteiger partial charge >= 0.3 is 0 Å². The van der Waals surface area contributed by atoms with Crippen molar-refractivity contribution in [2.75, 3.05) is 20.6 Å². The van der Waals surface area contributed by atoms with Crippen LogP contribution in [0, 0.1) is 0 Å². The van der Waals surface area contributed by atoms with Gasteiger partial charge in [0.25, 0.3) is 0 Å². The molecule has 3 rings (SSSR count). The fourth-order valence-corrected chi connectivity index (χ4v) is 2.69. The molecule has 1 atom stereocenters. The van der Waals surface area contributed by atoms with Gasteiger partial charge in [0, 0.05) is 27.3 Å². The lowest BCUT2D eigenvalue weighted by Gasteiger charge is -2.18. The third-order valence-electron chi connectivity index (χ3n) is 3.69. The number of aromatic nitrogens is 1. The number of benzene rings is 1. The lowest BCUT2D eigenvalue weighted by atomic mass is 10.0. The Labute approximate surface area is 116 Å². The van der Waals surface area contributed by atoms with E-state index in [9.17, 15) is 0 Å². The van der Waals surface area contributed by atoms with E-state index >= 15 is 0 Å². The summed E-state index contributed by atoms with van der Waals surface area (Å²) in [6.07, 6.45) is 4.19. The fourth-order valence-electron chi connectivity index (χ4n) is 2.69. The molecule has 0 aliphatic carbocycles. The normalized spacial score (nSPS) is 27.0. The number of likely N-dealkylation sites (N-methyl/N-ethyl adjacent to an activating group) is 1. The molecule has 0 radical (unpaired) electrons. The van der Waals surface area contributed by atoms with Gasteiger partial charge in [0.15, 0.2) is 0 Å². The number of ether oxygens (including phenoxy) is 1. The number of hydrogen-bond donors (Lipinski definition) is 1. The van der Waals surface area contributed by atoms with Crippen molar-refractivity contribution < 1.29 is 13.0 Å². The SMILES string of the molecule is [2H]C([2H])([2H])Oc1ccc2[nH]cc(C[C@H]3CCCN3C([2H])([2H])[2H])c2c1. The molecule has 1 saturated heterocycles. The summed E-state index contributed by atoms with van der Waals surface area (Å²) in [7, 11) is -2.49. The first-order valence-corrected chi connectivity index (χ1v) is 6.19. The minimum absolute atomic E-state index is 0.0382. The van der Waals surface area contributed by atoms with E-state index in [4.69, 9.17) is 13.0 Å². The molecule has 0 amide bonds. The lowest BCUT2D eigenvalue weighted by Crippen LogP contribution is -2.26. The molecule has 0 unspecified atom stereocenters. The number of aromatic amines is 1. The second-order valence-corrected chi connectivity index (χ2v) is 4.82. The summed E-state index contributed by atoms with van der Waals surface area (Å²) in [4.78, 5) is 4.73. The smallest absolute Gasteiger partial charge is 0.119 e. The first kappa shape index (κ1) is 6.62. The Hall–Kier alpha value is -1.48. The highest BCUT2D eigenvalue weighted by Gasteiger charge is 2.22. The zero-order chi connectivity index (χ0) is 17.5. The Balaban J connectivity index is 1.85. The summed E-state index contributed by atoms with van der Waals surface area (Å²) in [5, 5.41) is 0.870. The van der Waals surface area contributed by atoms with Gasteiger partial charge in [0.05, 0.1) is 11.2 Å². The quantitative estimate of drug-likeness (QED) is 0.907. The average molecular weight is 250 g/mol. The zero-order valence-electron chi connectivity index (χ0n) is 16.1. The van der Waals surface area contributed by atoms with Gasteiger partial charge < -0.3 is 14.6 Å². The summed E-state index contributed by atoms with van der Waals surface area (Å²) in [6, 6.07) is 5.04. The van der Waals surface area contributed by atoms with Crippen LogP contribution in [0.3, 0.4) is 0 Å². The molecule has 0 saturated carbocycles. The predicted molar refractivity (Wildman–Crippen MR) is 74.2 cm³/mol. The van der Waals surface area contributed by atoms with Crippen molar-refractivity contribution in [1.29, 1.82) is 0 Å². The Morgan fingerprint density at radius 3 is 3.44 bits per heavy atom. The number of methoxy groups -OCH3 is 1. The molecular formula is C15H20N2O. The van der Waals surface area contributed by atoms with Crippen LogP contribution in [0.15, 0.2) is 24.4 Å². The van der Waals surface area contributed by atoms with Crippen molar-refractivity contribution in [3.63, 3.8) is 0 Å². The Morgan fingerprint density at radius 2 is 2.56 bits per heavy atom. The predicted octanol–water partition coefficient (Wildman–Crippen LogP) is 2.81. The van der Waals surface area contributed by atoms with Gasteiger partial charge in [-0.25, -0.2) is 0 Å². The van der Waals surface area contributed by atoms with Crippen LogP contribution in [-0.2, 0) is 6.42 Å².